The van der Waals surface area contributed by atoms with Crippen LogP contribution in [0, 0.1) is 0 Å². The molecule has 0 bridgehead atoms. The highest BCUT2D eigenvalue weighted by atomic mass is 16.3. The summed E-state index contributed by atoms with van der Waals surface area (Å²) in [6, 6.07) is 11.0. The van der Waals surface area contributed by atoms with Crippen LogP contribution in [-0.2, 0) is 0 Å². The van der Waals surface area contributed by atoms with Crippen molar-refractivity contribution < 1.29 is 5.11 Å². The van der Waals surface area contributed by atoms with Crippen LogP contribution in [0.5, 0.6) is 0 Å². The molecule has 0 aliphatic heterocycles. The van der Waals surface area contributed by atoms with Crippen molar-refractivity contribution in [3.8, 4) is 0 Å². The molecule has 0 saturated heterocycles. The fourth-order valence-corrected chi connectivity index (χ4v) is 1.47. The Bertz CT molecular complexity index is 525. The Morgan fingerprint density at radius 1 is 1.29 bits per heavy atom. The molecule has 0 amide bonds. The second-order valence-electron chi connectivity index (χ2n) is 3.60. The summed E-state index contributed by atoms with van der Waals surface area (Å²) in [5.74, 6) is 0.542. The third kappa shape index (κ3) is 3.15. The molecule has 0 saturated carbocycles. The van der Waals surface area contributed by atoms with Crippen LogP contribution >= 0.6 is 0 Å². The molecular formula is C12H13N3O2. The minimum absolute atomic E-state index is 0.323. The molecular weight excluding hydrogens is 218 g/mol. The number of hydrogen-bond acceptors (Lipinski definition) is 4. The summed E-state index contributed by atoms with van der Waals surface area (Å²) < 4.78 is 0. The Labute approximate surface area is 98.2 Å². The van der Waals surface area contributed by atoms with Gasteiger partial charge in [0.05, 0.1) is 6.10 Å². The molecule has 0 aliphatic rings. The quantitative estimate of drug-likeness (QED) is 0.731. The van der Waals surface area contributed by atoms with Gasteiger partial charge in [0, 0.05) is 12.7 Å². The first-order valence-corrected chi connectivity index (χ1v) is 5.28. The number of aliphatic hydroxyl groups excluding tert-OH is 1. The number of hydrogen-bond donors (Lipinski definition) is 3. The number of aliphatic hydroxyl groups is 1. The zero-order chi connectivity index (χ0) is 12.1. The second-order valence-corrected chi connectivity index (χ2v) is 3.60. The van der Waals surface area contributed by atoms with Gasteiger partial charge in [0.2, 0.25) is 0 Å². The van der Waals surface area contributed by atoms with Crippen LogP contribution in [0.3, 0.4) is 0 Å². The first-order valence-electron chi connectivity index (χ1n) is 5.28. The van der Waals surface area contributed by atoms with Gasteiger partial charge in [-0.2, -0.15) is 0 Å². The normalized spacial score (nSPS) is 12.1. The van der Waals surface area contributed by atoms with E-state index in [1.165, 1.54) is 6.20 Å². The SMILES string of the molecule is O=c1nccc(NCC(O)c2ccccc2)[nH]1. The van der Waals surface area contributed by atoms with Gasteiger partial charge in [-0.3, -0.25) is 4.98 Å². The number of nitrogens with one attached hydrogen (secondary N) is 2. The van der Waals surface area contributed by atoms with Crippen LogP contribution < -0.4 is 11.0 Å². The zero-order valence-corrected chi connectivity index (χ0v) is 9.13. The molecule has 2 rings (SSSR count). The predicted molar refractivity (Wildman–Crippen MR) is 64.7 cm³/mol. The van der Waals surface area contributed by atoms with Gasteiger partial charge in [0.15, 0.2) is 0 Å². The Morgan fingerprint density at radius 2 is 2.06 bits per heavy atom. The summed E-state index contributed by atoms with van der Waals surface area (Å²) in [6.07, 6.45) is 0.795. The number of H-pyrrole nitrogens is 1. The van der Waals surface area contributed by atoms with Gasteiger partial charge in [0.25, 0.3) is 0 Å². The fourth-order valence-electron chi connectivity index (χ4n) is 1.47. The predicted octanol–water partition coefficient (Wildman–Crippen LogP) is 0.915. The molecule has 1 aromatic carbocycles. The van der Waals surface area contributed by atoms with E-state index in [-0.39, 0.29) is 0 Å². The maximum absolute atomic E-state index is 10.9. The number of aromatic nitrogens is 2. The van der Waals surface area contributed by atoms with Gasteiger partial charge < -0.3 is 10.4 Å². The first kappa shape index (κ1) is 11.3. The highest BCUT2D eigenvalue weighted by Crippen LogP contribution is 2.12. The highest BCUT2D eigenvalue weighted by Gasteiger charge is 2.06. The third-order valence-electron chi connectivity index (χ3n) is 2.34. The van der Waals surface area contributed by atoms with E-state index in [4.69, 9.17) is 0 Å². The zero-order valence-electron chi connectivity index (χ0n) is 9.13. The molecule has 2 aromatic rings. The molecule has 1 unspecified atom stereocenters. The minimum Gasteiger partial charge on any atom is -0.387 e. The molecule has 0 aliphatic carbocycles. The number of aromatic amines is 1. The monoisotopic (exact) mass is 231 g/mol. The van der Waals surface area contributed by atoms with Crippen LogP contribution in [0.4, 0.5) is 5.82 Å². The molecule has 5 heteroatoms. The Balaban J connectivity index is 1.97. The Morgan fingerprint density at radius 3 is 2.76 bits per heavy atom. The Hall–Kier alpha value is -2.14. The molecule has 1 heterocycles. The average Bonchev–Trinajstić information content (AvgIpc) is 2.37. The molecule has 5 nitrogen and oxygen atoms in total. The lowest BCUT2D eigenvalue weighted by Crippen LogP contribution is -2.16. The van der Waals surface area contributed by atoms with Crippen molar-refractivity contribution in [2.24, 2.45) is 0 Å². The van der Waals surface area contributed by atoms with Gasteiger partial charge in [-0.15, -0.1) is 0 Å². The summed E-state index contributed by atoms with van der Waals surface area (Å²) in [7, 11) is 0. The lowest BCUT2D eigenvalue weighted by atomic mass is 10.1. The summed E-state index contributed by atoms with van der Waals surface area (Å²) in [6.45, 7) is 0.323. The first-order chi connectivity index (χ1) is 8.25. The van der Waals surface area contributed by atoms with E-state index in [1.807, 2.05) is 30.3 Å². The van der Waals surface area contributed by atoms with Gasteiger partial charge in [-0.05, 0) is 11.6 Å². The van der Waals surface area contributed by atoms with Crippen molar-refractivity contribution in [2.45, 2.75) is 6.10 Å². The largest absolute Gasteiger partial charge is 0.387 e. The van der Waals surface area contributed by atoms with Crippen molar-refractivity contribution >= 4 is 5.82 Å². The van der Waals surface area contributed by atoms with E-state index in [9.17, 15) is 9.90 Å². The standard InChI is InChI=1S/C12H13N3O2/c16-10(9-4-2-1-3-5-9)8-14-11-6-7-13-12(17)15-11/h1-7,10,16H,8H2,(H2,13,14,15,17). The second kappa shape index (κ2) is 5.27. The van der Waals surface area contributed by atoms with Crippen molar-refractivity contribution in [3.05, 3.63) is 58.6 Å². The van der Waals surface area contributed by atoms with Crippen LogP contribution in [0.25, 0.3) is 0 Å². The fraction of sp³-hybridized carbons (Fsp3) is 0.167. The Kier molecular flexibility index (Phi) is 3.52. The van der Waals surface area contributed by atoms with E-state index in [1.54, 1.807) is 6.07 Å². The van der Waals surface area contributed by atoms with Crippen molar-refractivity contribution in [1.29, 1.82) is 0 Å². The number of anilines is 1. The molecule has 0 radical (unpaired) electrons. The molecule has 3 N–H and O–H groups in total. The maximum atomic E-state index is 10.9. The molecule has 17 heavy (non-hydrogen) atoms. The van der Waals surface area contributed by atoms with Gasteiger partial charge >= 0.3 is 5.69 Å². The van der Waals surface area contributed by atoms with Crippen molar-refractivity contribution in [2.75, 3.05) is 11.9 Å². The van der Waals surface area contributed by atoms with Gasteiger partial charge in [0.1, 0.15) is 5.82 Å². The summed E-state index contributed by atoms with van der Waals surface area (Å²) >= 11 is 0. The van der Waals surface area contributed by atoms with E-state index in [0.29, 0.717) is 12.4 Å². The van der Waals surface area contributed by atoms with E-state index in [0.717, 1.165) is 5.56 Å². The van der Waals surface area contributed by atoms with Crippen molar-refractivity contribution in [3.63, 3.8) is 0 Å². The summed E-state index contributed by atoms with van der Waals surface area (Å²) in [4.78, 5) is 17.0. The van der Waals surface area contributed by atoms with Crippen LogP contribution in [-0.4, -0.2) is 21.6 Å². The van der Waals surface area contributed by atoms with Crippen LogP contribution in [0.15, 0.2) is 47.4 Å². The lowest BCUT2D eigenvalue weighted by Gasteiger charge is -2.12. The van der Waals surface area contributed by atoms with Gasteiger partial charge in [-0.1, -0.05) is 30.3 Å². The topological polar surface area (TPSA) is 78.0 Å². The van der Waals surface area contributed by atoms with Gasteiger partial charge in [-0.25, -0.2) is 9.78 Å². The third-order valence-corrected chi connectivity index (χ3v) is 2.34. The summed E-state index contributed by atoms with van der Waals surface area (Å²) in [5.41, 5.74) is 0.417. The van der Waals surface area contributed by atoms with E-state index in [2.05, 4.69) is 15.3 Å². The van der Waals surface area contributed by atoms with Crippen LogP contribution in [0.1, 0.15) is 11.7 Å². The molecule has 1 atom stereocenters. The van der Waals surface area contributed by atoms with Crippen molar-refractivity contribution in [1.82, 2.24) is 9.97 Å². The summed E-state index contributed by atoms with van der Waals surface area (Å²) in [5, 5.41) is 12.8. The van der Waals surface area contributed by atoms with E-state index < -0.39 is 11.8 Å². The lowest BCUT2D eigenvalue weighted by molar-refractivity contribution is 0.191. The molecule has 0 fully saturated rings. The van der Waals surface area contributed by atoms with Crippen LogP contribution in [0.2, 0.25) is 0 Å². The average molecular weight is 231 g/mol. The maximum Gasteiger partial charge on any atom is 0.346 e. The molecule has 1 aromatic heterocycles. The number of rotatable bonds is 4. The molecule has 88 valence electrons. The minimum atomic E-state index is -0.618. The molecule has 0 spiro atoms. The number of nitrogens with zero attached hydrogens (tertiary/aromatic N) is 1. The van der Waals surface area contributed by atoms with E-state index >= 15 is 0 Å². The highest BCUT2D eigenvalue weighted by molar-refractivity contribution is 5.32. The smallest absolute Gasteiger partial charge is 0.346 e. The number of benzene rings is 1.